The maximum Gasteiger partial charge on any atom is 0.137 e. The van der Waals surface area contributed by atoms with E-state index in [2.05, 4.69) is 4.98 Å². The largest absolute Gasteiger partial charge is 0.495 e. The third-order valence-electron chi connectivity index (χ3n) is 2.57. The van der Waals surface area contributed by atoms with Gasteiger partial charge in [-0.25, -0.2) is 4.98 Å². The van der Waals surface area contributed by atoms with E-state index in [0.717, 1.165) is 16.8 Å². The molecule has 0 saturated carbocycles. The van der Waals surface area contributed by atoms with Crippen LogP contribution >= 0.6 is 11.6 Å². The molecule has 0 aliphatic rings. The lowest BCUT2D eigenvalue weighted by Gasteiger charge is -2.08. The Morgan fingerprint density at radius 1 is 1.24 bits per heavy atom. The van der Waals surface area contributed by atoms with Crippen molar-refractivity contribution in [1.29, 1.82) is 0 Å². The van der Waals surface area contributed by atoms with Gasteiger partial charge in [-0.3, -0.25) is 0 Å². The van der Waals surface area contributed by atoms with E-state index in [4.69, 9.17) is 22.1 Å². The topological polar surface area (TPSA) is 48.1 Å². The molecule has 88 valence electrons. The van der Waals surface area contributed by atoms with E-state index < -0.39 is 0 Å². The number of aryl methyl sites for hydroxylation is 1. The number of aromatic nitrogens is 1. The quantitative estimate of drug-likeness (QED) is 0.887. The number of hydrogen-bond donors (Lipinski definition) is 1. The van der Waals surface area contributed by atoms with E-state index in [1.54, 1.807) is 13.2 Å². The number of benzene rings is 1. The first-order valence-electron chi connectivity index (χ1n) is 5.19. The Kier molecular flexibility index (Phi) is 3.20. The molecule has 0 radical (unpaired) electrons. The third-order valence-corrected chi connectivity index (χ3v) is 2.87. The van der Waals surface area contributed by atoms with Crippen LogP contribution in [0.5, 0.6) is 5.75 Å². The molecule has 1 aromatic carbocycles. The van der Waals surface area contributed by atoms with Crippen LogP contribution in [-0.2, 0) is 0 Å². The molecule has 4 heteroatoms. The minimum absolute atomic E-state index is 0.519. The zero-order valence-electron chi connectivity index (χ0n) is 9.70. The maximum atomic E-state index is 6.09. The summed E-state index contributed by atoms with van der Waals surface area (Å²) in [5.74, 6) is 1.18. The van der Waals surface area contributed by atoms with Crippen molar-refractivity contribution in [3.05, 3.63) is 41.0 Å². The summed E-state index contributed by atoms with van der Waals surface area (Å²) in [7, 11) is 1.59. The van der Waals surface area contributed by atoms with Gasteiger partial charge in [0.05, 0.1) is 12.1 Å². The Balaban J connectivity index is 2.50. The Bertz CT molecular complexity index is 555. The highest BCUT2D eigenvalue weighted by Gasteiger charge is 2.07. The smallest absolute Gasteiger partial charge is 0.137 e. The molecular weight excluding hydrogens is 236 g/mol. The summed E-state index contributed by atoms with van der Waals surface area (Å²) in [6.45, 7) is 1.92. The van der Waals surface area contributed by atoms with Gasteiger partial charge in [0.25, 0.3) is 0 Å². The van der Waals surface area contributed by atoms with Crippen LogP contribution in [-0.4, -0.2) is 12.1 Å². The number of nitrogens with zero attached hydrogens (tertiary/aromatic N) is 1. The number of nitrogen functional groups attached to an aromatic ring is 1. The number of halogens is 1. The molecule has 3 nitrogen and oxygen atoms in total. The second-order valence-corrected chi connectivity index (χ2v) is 4.13. The fraction of sp³-hybridized carbons (Fsp3) is 0.154. The number of anilines is 1. The molecule has 2 rings (SSSR count). The Hall–Kier alpha value is -1.74. The third kappa shape index (κ3) is 2.34. The molecule has 0 saturated heterocycles. The van der Waals surface area contributed by atoms with Crippen molar-refractivity contribution in [2.75, 3.05) is 12.8 Å². The molecule has 0 atom stereocenters. The molecule has 1 heterocycles. The van der Waals surface area contributed by atoms with Crippen LogP contribution in [0.15, 0.2) is 30.3 Å². The highest BCUT2D eigenvalue weighted by atomic mass is 35.5. The van der Waals surface area contributed by atoms with Crippen molar-refractivity contribution in [3.8, 4) is 16.9 Å². The summed E-state index contributed by atoms with van der Waals surface area (Å²) >= 11 is 6.09. The van der Waals surface area contributed by atoms with Gasteiger partial charge < -0.3 is 10.5 Å². The van der Waals surface area contributed by atoms with Crippen LogP contribution in [0.2, 0.25) is 5.02 Å². The lowest BCUT2D eigenvalue weighted by atomic mass is 10.0. The minimum Gasteiger partial charge on any atom is -0.495 e. The predicted octanol–water partition coefficient (Wildman–Crippen LogP) is 3.30. The molecule has 0 unspecified atom stereocenters. The van der Waals surface area contributed by atoms with E-state index in [9.17, 15) is 0 Å². The summed E-state index contributed by atoms with van der Waals surface area (Å²) < 4.78 is 5.12. The van der Waals surface area contributed by atoms with Crippen molar-refractivity contribution >= 4 is 17.4 Å². The maximum absolute atomic E-state index is 6.09. The molecule has 2 N–H and O–H groups in total. The zero-order chi connectivity index (χ0) is 12.4. The van der Waals surface area contributed by atoms with Gasteiger partial charge >= 0.3 is 0 Å². The van der Waals surface area contributed by atoms with E-state index in [1.165, 1.54) is 0 Å². The second-order valence-electron chi connectivity index (χ2n) is 3.72. The number of hydrogen-bond acceptors (Lipinski definition) is 3. The fourth-order valence-corrected chi connectivity index (χ4v) is 1.98. The summed E-state index contributed by atoms with van der Waals surface area (Å²) in [4.78, 5) is 4.23. The Labute approximate surface area is 105 Å². The van der Waals surface area contributed by atoms with E-state index in [1.807, 2.05) is 31.2 Å². The number of ether oxygens (including phenoxy) is 1. The van der Waals surface area contributed by atoms with Crippen LogP contribution in [0.1, 0.15) is 5.69 Å². The van der Waals surface area contributed by atoms with Gasteiger partial charge in [-0.2, -0.15) is 0 Å². The van der Waals surface area contributed by atoms with E-state index in [-0.39, 0.29) is 0 Å². The number of nitrogens with two attached hydrogens (primary N) is 1. The van der Waals surface area contributed by atoms with Crippen LogP contribution in [0.4, 0.5) is 5.82 Å². The first kappa shape index (κ1) is 11.7. The standard InChI is InChI=1S/C13H13ClN2O/c1-8-10(4-6-13(15)16-8)9-3-5-12(17-2)11(14)7-9/h3-7H,1-2H3,(H2,15,16). The van der Waals surface area contributed by atoms with Gasteiger partial charge in [0.2, 0.25) is 0 Å². The summed E-state index contributed by atoms with van der Waals surface area (Å²) in [6, 6.07) is 9.37. The highest BCUT2D eigenvalue weighted by Crippen LogP contribution is 2.31. The van der Waals surface area contributed by atoms with Gasteiger partial charge in [0.1, 0.15) is 11.6 Å². The van der Waals surface area contributed by atoms with E-state index >= 15 is 0 Å². The number of rotatable bonds is 2. The molecule has 0 aliphatic carbocycles. The fourth-order valence-electron chi connectivity index (χ4n) is 1.72. The van der Waals surface area contributed by atoms with Crippen LogP contribution in [0, 0.1) is 6.92 Å². The SMILES string of the molecule is COc1ccc(-c2ccc(N)nc2C)cc1Cl. The molecule has 0 amide bonds. The van der Waals surface area contributed by atoms with Gasteiger partial charge in [-0.15, -0.1) is 0 Å². The average molecular weight is 249 g/mol. The first-order chi connectivity index (χ1) is 8.11. The van der Waals surface area contributed by atoms with Crippen LogP contribution in [0.3, 0.4) is 0 Å². The summed E-state index contributed by atoms with van der Waals surface area (Å²) in [5, 5.41) is 0.584. The minimum atomic E-state index is 0.519. The molecule has 0 spiro atoms. The lowest BCUT2D eigenvalue weighted by molar-refractivity contribution is 0.415. The van der Waals surface area contributed by atoms with Crippen LogP contribution < -0.4 is 10.5 Å². The molecule has 2 aromatic rings. The van der Waals surface area contributed by atoms with Crippen molar-refractivity contribution in [2.45, 2.75) is 6.92 Å². The monoisotopic (exact) mass is 248 g/mol. The predicted molar refractivity (Wildman–Crippen MR) is 70.4 cm³/mol. The van der Waals surface area contributed by atoms with E-state index in [0.29, 0.717) is 16.6 Å². The Morgan fingerprint density at radius 2 is 2.00 bits per heavy atom. The molecule has 0 fully saturated rings. The van der Waals surface area contributed by atoms with Gasteiger partial charge in [0.15, 0.2) is 0 Å². The molecule has 17 heavy (non-hydrogen) atoms. The molecule has 0 aliphatic heterocycles. The van der Waals surface area contributed by atoms with Crippen molar-refractivity contribution in [2.24, 2.45) is 0 Å². The molecule has 1 aromatic heterocycles. The van der Waals surface area contributed by atoms with Crippen LogP contribution in [0.25, 0.3) is 11.1 Å². The highest BCUT2D eigenvalue weighted by molar-refractivity contribution is 6.32. The number of pyridine rings is 1. The zero-order valence-corrected chi connectivity index (χ0v) is 10.5. The first-order valence-corrected chi connectivity index (χ1v) is 5.56. The molecule has 0 bridgehead atoms. The summed E-state index contributed by atoms with van der Waals surface area (Å²) in [5.41, 5.74) is 8.52. The summed E-state index contributed by atoms with van der Waals surface area (Å²) in [6.07, 6.45) is 0. The van der Waals surface area contributed by atoms with Crippen molar-refractivity contribution in [3.63, 3.8) is 0 Å². The van der Waals surface area contributed by atoms with Gasteiger partial charge in [-0.05, 0) is 36.8 Å². The lowest BCUT2D eigenvalue weighted by Crippen LogP contribution is -1.94. The Morgan fingerprint density at radius 3 is 2.59 bits per heavy atom. The molecular formula is C13H13ClN2O. The average Bonchev–Trinajstić information content (AvgIpc) is 2.29. The number of methoxy groups -OCH3 is 1. The van der Waals surface area contributed by atoms with Gasteiger partial charge in [0, 0.05) is 11.3 Å². The van der Waals surface area contributed by atoms with Crippen molar-refractivity contribution in [1.82, 2.24) is 4.98 Å². The second kappa shape index (κ2) is 4.63. The normalized spacial score (nSPS) is 10.3. The van der Waals surface area contributed by atoms with Gasteiger partial charge in [-0.1, -0.05) is 17.7 Å². The van der Waals surface area contributed by atoms with Crippen molar-refractivity contribution < 1.29 is 4.74 Å².